The first-order valence-corrected chi connectivity index (χ1v) is 5.33. The summed E-state index contributed by atoms with van der Waals surface area (Å²) in [5.41, 5.74) is 6.62. The Morgan fingerprint density at radius 2 is 2.07 bits per heavy atom. The van der Waals surface area contributed by atoms with Crippen LogP contribution >= 0.6 is 0 Å². The van der Waals surface area contributed by atoms with Crippen LogP contribution in [0.15, 0.2) is 24.3 Å². The fourth-order valence-corrected chi connectivity index (χ4v) is 1.94. The van der Waals surface area contributed by atoms with Crippen molar-refractivity contribution >= 4 is 0 Å². The maximum atomic E-state index is 13.4. The zero-order chi connectivity index (χ0) is 10.9. The van der Waals surface area contributed by atoms with Gasteiger partial charge in [0.2, 0.25) is 0 Å². The Hall–Kier alpha value is -0.930. The van der Waals surface area contributed by atoms with E-state index in [1.165, 1.54) is 6.07 Å². The van der Waals surface area contributed by atoms with Crippen LogP contribution in [0.2, 0.25) is 0 Å². The van der Waals surface area contributed by atoms with Gasteiger partial charge in [-0.15, -0.1) is 0 Å². The second-order valence-electron chi connectivity index (χ2n) is 4.38. The molecule has 2 nitrogen and oxygen atoms in total. The van der Waals surface area contributed by atoms with Crippen LogP contribution in [0.1, 0.15) is 18.4 Å². The number of nitrogens with two attached hydrogens (primary N) is 1. The molecule has 0 unspecified atom stereocenters. The Bertz CT molecular complexity index is 347. The Balaban J connectivity index is 2.06. The molecule has 0 atom stereocenters. The summed E-state index contributed by atoms with van der Waals surface area (Å²) in [5, 5.41) is 0. The molecule has 2 rings (SSSR count). The lowest BCUT2D eigenvalue weighted by Crippen LogP contribution is -2.39. The molecule has 1 aliphatic rings. The molecule has 1 fully saturated rings. The van der Waals surface area contributed by atoms with E-state index in [0.717, 1.165) is 18.4 Å². The lowest BCUT2D eigenvalue weighted by Gasteiger charge is -2.26. The van der Waals surface area contributed by atoms with Crippen molar-refractivity contribution in [1.82, 2.24) is 4.90 Å². The van der Waals surface area contributed by atoms with Gasteiger partial charge >= 0.3 is 0 Å². The molecule has 1 aromatic carbocycles. The third kappa shape index (κ3) is 2.03. The number of hydrogen-bond donors (Lipinski definition) is 1. The monoisotopic (exact) mass is 208 g/mol. The van der Waals surface area contributed by atoms with Gasteiger partial charge in [0, 0.05) is 24.2 Å². The summed E-state index contributed by atoms with van der Waals surface area (Å²) in [4.78, 5) is 2.17. The van der Waals surface area contributed by atoms with Gasteiger partial charge in [0.05, 0.1) is 0 Å². The Kier molecular flexibility index (Phi) is 2.76. The average molecular weight is 208 g/mol. The lowest BCUT2D eigenvalue weighted by molar-refractivity contribution is 0.216. The summed E-state index contributed by atoms with van der Waals surface area (Å²) in [6, 6.07) is 6.92. The van der Waals surface area contributed by atoms with E-state index in [1.54, 1.807) is 6.07 Å². The fourth-order valence-electron chi connectivity index (χ4n) is 1.94. The molecule has 0 aromatic heterocycles. The zero-order valence-electron chi connectivity index (χ0n) is 9.04. The van der Waals surface area contributed by atoms with E-state index >= 15 is 0 Å². The predicted molar refractivity (Wildman–Crippen MR) is 58.9 cm³/mol. The van der Waals surface area contributed by atoms with Gasteiger partial charge in [0.1, 0.15) is 5.82 Å². The molecule has 0 aliphatic heterocycles. The molecule has 1 saturated carbocycles. The fraction of sp³-hybridized carbons (Fsp3) is 0.500. The number of likely N-dealkylation sites (N-methyl/N-ethyl adjacent to an activating group) is 1. The number of nitrogens with zero attached hydrogens (tertiary/aromatic N) is 1. The van der Waals surface area contributed by atoms with Crippen LogP contribution in [-0.2, 0) is 6.54 Å². The normalized spacial score (nSPS) is 18.1. The van der Waals surface area contributed by atoms with Gasteiger partial charge in [-0.05, 0) is 26.0 Å². The van der Waals surface area contributed by atoms with Crippen molar-refractivity contribution in [2.75, 3.05) is 13.6 Å². The van der Waals surface area contributed by atoms with Crippen LogP contribution in [0.3, 0.4) is 0 Å². The van der Waals surface area contributed by atoms with Gasteiger partial charge < -0.3 is 5.73 Å². The number of benzene rings is 1. The Labute approximate surface area is 89.9 Å². The maximum Gasteiger partial charge on any atom is 0.127 e. The molecule has 0 saturated heterocycles. The summed E-state index contributed by atoms with van der Waals surface area (Å²) in [7, 11) is 2.02. The zero-order valence-corrected chi connectivity index (χ0v) is 9.04. The SMILES string of the molecule is CN(Cc1ccccc1F)C1(CN)CC1. The van der Waals surface area contributed by atoms with Crippen molar-refractivity contribution in [3.8, 4) is 0 Å². The van der Waals surface area contributed by atoms with Crippen LogP contribution < -0.4 is 5.73 Å². The predicted octanol–water partition coefficient (Wildman–Crippen LogP) is 1.75. The van der Waals surface area contributed by atoms with Gasteiger partial charge in [0.25, 0.3) is 0 Å². The number of hydrogen-bond acceptors (Lipinski definition) is 2. The molecular formula is C12H17FN2. The number of rotatable bonds is 4. The summed E-state index contributed by atoms with van der Waals surface area (Å²) < 4.78 is 13.4. The van der Waals surface area contributed by atoms with Crippen molar-refractivity contribution in [2.45, 2.75) is 24.9 Å². The first kappa shape index (κ1) is 10.6. The van der Waals surface area contributed by atoms with Gasteiger partial charge in [0.15, 0.2) is 0 Å². The van der Waals surface area contributed by atoms with Gasteiger partial charge in [-0.25, -0.2) is 4.39 Å². The van der Waals surface area contributed by atoms with E-state index in [2.05, 4.69) is 4.90 Å². The molecule has 1 aromatic rings. The Morgan fingerprint density at radius 3 is 2.60 bits per heavy atom. The largest absolute Gasteiger partial charge is 0.329 e. The van der Waals surface area contributed by atoms with E-state index in [9.17, 15) is 4.39 Å². The summed E-state index contributed by atoms with van der Waals surface area (Å²) >= 11 is 0. The molecule has 3 heteroatoms. The standard InChI is InChI=1S/C12H17FN2/c1-15(12(9-14)6-7-12)8-10-4-2-3-5-11(10)13/h2-5H,6-9,14H2,1H3. The molecule has 0 spiro atoms. The first-order valence-electron chi connectivity index (χ1n) is 5.33. The van der Waals surface area contributed by atoms with Gasteiger partial charge in [-0.2, -0.15) is 0 Å². The summed E-state index contributed by atoms with van der Waals surface area (Å²) in [6.45, 7) is 1.31. The first-order chi connectivity index (χ1) is 7.18. The minimum absolute atomic E-state index is 0.128. The molecule has 0 heterocycles. The number of halogens is 1. The second kappa shape index (κ2) is 3.91. The van der Waals surface area contributed by atoms with Crippen LogP contribution in [-0.4, -0.2) is 24.0 Å². The molecule has 2 N–H and O–H groups in total. The molecule has 0 bridgehead atoms. The van der Waals surface area contributed by atoms with E-state index in [0.29, 0.717) is 13.1 Å². The van der Waals surface area contributed by atoms with Crippen LogP contribution in [0.5, 0.6) is 0 Å². The second-order valence-corrected chi connectivity index (χ2v) is 4.38. The quantitative estimate of drug-likeness (QED) is 0.816. The summed E-state index contributed by atoms with van der Waals surface area (Å²) in [6.07, 6.45) is 2.27. The smallest absolute Gasteiger partial charge is 0.127 e. The highest BCUT2D eigenvalue weighted by Gasteiger charge is 2.44. The third-order valence-corrected chi connectivity index (χ3v) is 3.38. The van der Waals surface area contributed by atoms with Crippen molar-refractivity contribution in [3.05, 3.63) is 35.6 Å². The third-order valence-electron chi connectivity index (χ3n) is 3.38. The van der Waals surface area contributed by atoms with Gasteiger partial charge in [-0.3, -0.25) is 4.90 Å². The average Bonchev–Trinajstić information content (AvgIpc) is 3.02. The van der Waals surface area contributed by atoms with E-state index in [1.807, 2.05) is 19.2 Å². The van der Waals surface area contributed by atoms with Crippen molar-refractivity contribution < 1.29 is 4.39 Å². The van der Waals surface area contributed by atoms with Crippen LogP contribution in [0.25, 0.3) is 0 Å². The topological polar surface area (TPSA) is 29.3 Å². The van der Waals surface area contributed by atoms with Gasteiger partial charge in [-0.1, -0.05) is 18.2 Å². The molecule has 0 radical (unpaired) electrons. The lowest BCUT2D eigenvalue weighted by atomic mass is 10.1. The van der Waals surface area contributed by atoms with Crippen LogP contribution in [0.4, 0.5) is 4.39 Å². The van der Waals surface area contributed by atoms with Crippen LogP contribution in [0, 0.1) is 5.82 Å². The van der Waals surface area contributed by atoms with E-state index in [4.69, 9.17) is 5.73 Å². The molecule has 82 valence electrons. The molecule has 1 aliphatic carbocycles. The molecule has 0 amide bonds. The van der Waals surface area contributed by atoms with E-state index < -0.39 is 0 Å². The van der Waals surface area contributed by atoms with Crippen molar-refractivity contribution in [3.63, 3.8) is 0 Å². The van der Waals surface area contributed by atoms with Crippen molar-refractivity contribution in [2.24, 2.45) is 5.73 Å². The minimum atomic E-state index is -0.128. The highest BCUT2D eigenvalue weighted by atomic mass is 19.1. The minimum Gasteiger partial charge on any atom is -0.329 e. The van der Waals surface area contributed by atoms with Crippen molar-refractivity contribution in [1.29, 1.82) is 0 Å². The Morgan fingerprint density at radius 1 is 1.40 bits per heavy atom. The highest BCUT2D eigenvalue weighted by molar-refractivity contribution is 5.18. The highest BCUT2D eigenvalue weighted by Crippen LogP contribution is 2.40. The molecular weight excluding hydrogens is 191 g/mol. The van der Waals surface area contributed by atoms with E-state index in [-0.39, 0.29) is 11.4 Å². The summed E-state index contributed by atoms with van der Waals surface area (Å²) in [5.74, 6) is -0.128. The maximum absolute atomic E-state index is 13.4. The molecule has 15 heavy (non-hydrogen) atoms.